The molecule has 0 N–H and O–H groups in total. The zero-order valence-corrected chi connectivity index (χ0v) is 5.86. The van der Waals surface area contributed by atoms with Crippen LogP contribution in [0.15, 0.2) is 22.5 Å². The number of thioether (sulfide) groups is 1. The number of hydrogen-bond donors (Lipinski definition) is 0. The number of aldehydes is 1. The molecule has 1 heterocycles. The van der Waals surface area contributed by atoms with Crippen molar-refractivity contribution < 1.29 is 4.79 Å². The summed E-state index contributed by atoms with van der Waals surface area (Å²) in [5.41, 5.74) is 1.22. The molecule has 0 unspecified atom stereocenters. The lowest BCUT2D eigenvalue weighted by Crippen LogP contribution is -1.83. The number of carbonyl (C=O) groups is 1. The molecule has 0 atom stereocenters. The van der Waals surface area contributed by atoms with Crippen molar-refractivity contribution in [3.05, 3.63) is 22.5 Å². The first-order valence-electron chi connectivity index (χ1n) is 2.85. The fourth-order valence-corrected chi connectivity index (χ4v) is 1.35. The summed E-state index contributed by atoms with van der Waals surface area (Å²) in [6, 6.07) is 0. The van der Waals surface area contributed by atoms with Gasteiger partial charge in [-0.15, -0.1) is 11.8 Å². The number of rotatable bonds is 2. The van der Waals surface area contributed by atoms with E-state index < -0.39 is 0 Å². The molecular formula is C7H8OS. The molecule has 48 valence electrons. The molecule has 0 aliphatic carbocycles. The molecule has 0 spiro atoms. The fraction of sp³-hybridized carbons (Fsp3) is 0.286. The van der Waals surface area contributed by atoms with Crippen molar-refractivity contribution in [1.82, 2.24) is 0 Å². The Labute approximate surface area is 58.8 Å². The molecule has 0 aromatic heterocycles. The van der Waals surface area contributed by atoms with E-state index in [1.165, 1.54) is 5.57 Å². The molecule has 0 aromatic rings. The molecule has 0 fully saturated rings. The van der Waals surface area contributed by atoms with Crippen LogP contribution in [-0.2, 0) is 4.79 Å². The summed E-state index contributed by atoms with van der Waals surface area (Å²) in [5, 5.41) is 4.07. The van der Waals surface area contributed by atoms with Crippen molar-refractivity contribution in [3.8, 4) is 0 Å². The molecule has 9 heavy (non-hydrogen) atoms. The van der Waals surface area contributed by atoms with Gasteiger partial charge >= 0.3 is 0 Å². The highest BCUT2D eigenvalue weighted by Gasteiger charge is 1.96. The first-order chi connectivity index (χ1) is 4.43. The number of hydrogen-bond acceptors (Lipinski definition) is 2. The van der Waals surface area contributed by atoms with Gasteiger partial charge in [0.15, 0.2) is 0 Å². The second-order valence-electron chi connectivity index (χ2n) is 1.86. The van der Waals surface area contributed by atoms with Crippen LogP contribution in [0.5, 0.6) is 0 Å². The van der Waals surface area contributed by atoms with E-state index in [-0.39, 0.29) is 0 Å². The van der Waals surface area contributed by atoms with Crippen molar-refractivity contribution in [2.75, 3.05) is 0 Å². The van der Waals surface area contributed by atoms with Gasteiger partial charge in [-0.3, -0.25) is 0 Å². The fourth-order valence-electron chi connectivity index (χ4n) is 0.677. The number of carbonyl (C=O) groups excluding carboxylic acids is 1. The van der Waals surface area contributed by atoms with Gasteiger partial charge in [-0.2, -0.15) is 0 Å². The quantitative estimate of drug-likeness (QED) is 0.546. The van der Waals surface area contributed by atoms with Crippen LogP contribution in [0.1, 0.15) is 12.8 Å². The van der Waals surface area contributed by atoms with Gasteiger partial charge in [0, 0.05) is 6.42 Å². The van der Waals surface area contributed by atoms with E-state index in [0.717, 1.165) is 12.7 Å². The molecule has 1 aliphatic heterocycles. The SMILES string of the molecule is O=CCC1=CSC=CC1. The Kier molecular flexibility index (Phi) is 2.58. The Morgan fingerprint density at radius 1 is 1.78 bits per heavy atom. The Morgan fingerprint density at radius 3 is 3.22 bits per heavy atom. The third-order valence-electron chi connectivity index (χ3n) is 1.14. The molecule has 0 saturated carbocycles. The van der Waals surface area contributed by atoms with E-state index in [1.54, 1.807) is 11.8 Å². The van der Waals surface area contributed by atoms with Crippen molar-refractivity contribution in [2.24, 2.45) is 0 Å². The van der Waals surface area contributed by atoms with E-state index in [1.807, 2.05) is 10.8 Å². The molecule has 0 radical (unpaired) electrons. The molecule has 1 rings (SSSR count). The molecule has 0 amide bonds. The van der Waals surface area contributed by atoms with Crippen LogP contribution in [-0.4, -0.2) is 6.29 Å². The molecule has 0 bridgehead atoms. The minimum absolute atomic E-state index is 0.595. The maximum absolute atomic E-state index is 10.00. The molecule has 1 aliphatic rings. The van der Waals surface area contributed by atoms with Crippen LogP contribution in [0.4, 0.5) is 0 Å². The average molecular weight is 140 g/mol. The van der Waals surface area contributed by atoms with Crippen LogP contribution >= 0.6 is 11.8 Å². The summed E-state index contributed by atoms with van der Waals surface area (Å²) in [6.07, 6.45) is 4.57. The summed E-state index contributed by atoms with van der Waals surface area (Å²) in [6.45, 7) is 0. The highest BCUT2D eigenvalue weighted by atomic mass is 32.2. The smallest absolute Gasteiger partial charge is 0.124 e. The lowest BCUT2D eigenvalue weighted by Gasteiger charge is -2.01. The van der Waals surface area contributed by atoms with Crippen LogP contribution < -0.4 is 0 Å². The van der Waals surface area contributed by atoms with Gasteiger partial charge in [0.25, 0.3) is 0 Å². The molecule has 0 aromatic carbocycles. The van der Waals surface area contributed by atoms with E-state index in [9.17, 15) is 4.79 Å². The Balaban J connectivity index is 2.40. The van der Waals surface area contributed by atoms with Crippen LogP contribution in [0.3, 0.4) is 0 Å². The highest BCUT2D eigenvalue weighted by molar-refractivity contribution is 8.04. The maximum atomic E-state index is 10.00. The van der Waals surface area contributed by atoms with Gasteiger partial charge in [0.2, 0.25) is 0 Å². The molecule has 2 heteroatoms. The first kappa shape index (κ1) is 6.62. The topological polar surface area (TPSA) is 17.1 Å². The number of allylic oxidation sites excluding steroid dienone is 2. The Bertz CT molecular complexity index is 154. The molecule has 1 nitrogen and oxygen atoms in total. The molecular weight excluding hydrogens is 132 g/mol. The predicted octanol–water partition coefficient (Wildman–Crippen LogP) is 2.11. The Morgan fingerprint density at radius 2 is 2.67 bits per heavy atom. The third-order valence-corrected chi connectivity index (χ3v) is 1.95. The lowest BCUT2D eigenvalue weighted by molar-refractivity contribution is -0.107. The second kappa shape index (κ2) is 3.51. The van der Waals surface area contributed by atoms with Crippen LogP contribution in [0.2, 0.25) is 0 Å². The first-order valence-corrected chi connectivity index (χ1v) is 3.80. The van der Waals surface area contributed by atoms with Gasteiger partial charge < -0.3 is 4.79 Å². The molecule has 0 saturated heterocycles. The van der Waals surface area contributed by atoms with Gasteiger partial charge in [0.1, 0.15) is 6.29 Å². The zero-order valence-electron chi connectivity index (χ0n) is 5.04. The zero-order chi connectivity index (χ0) is 6.53. The van der Waals surface area contributed by atoms with Crippen LogP contribution in [0.25, 0.3) is 0 Å². The van der Waals surface area contributed by atoms with Crippen LogP contribution in [0, 0.1) is 0 Å². The minimum Gasteiger partial charge on any atom is -0.303 e. The standard InChI is InChI=1S/C7H8OS/c8-4-3-7-2-1-5-9-6-7/h1,4-6H,2-3H2. The van der Waals surface area contributed by atoms with E-state index in [2.05, 4.69) is 6.08 Å². The largest absolute Gasteiger partial charge is 0.303 e. The van der Waals surface area contributed by atoms with E-state index >= 15 is 0 Å². The highest BCUT2D eigenvalue weighted by Crippen LogP contribution is 2.19. The van der Waals surface area contributed by atoms with E-state index in [0.29, 0.717) is 6.42 Å². The minimum atomic E-state index is 0.595. The van der Waals surface area contributed by atoms with Gasteiger partial charge in [-0.25, -0.2) is 0 Å². The third kappa shape index (κ3) is 2.06. The summed E-state index contributed by atoms with van der Waals surface area (Å²) in [4.78, 5) is 10.00. The van der Waals surface area contributed by atoms with Crippen molar-refractivity contribution in [2.45, 2.75) is 12.8 Å². The summed E-state index contributed by atoms with van der Waals surface area (Å²) in [5.74, 6) is 0. The monoisotopic (exact) mass is 140 g/mol. The summed E-state index contributed by atoms with van der Waals surface area (Å²) in [7, 11) is 0. The lowest BCUT2D eigenvalue weighted by atomic mass is 10.1. The van der Waals surface area contributed by atoms with Crippen molar-refractivity contribution in [3.63, 3.8) is 0 Å². The van der Waals surface area contributed by atoms with Crippen molar-refractivity contribution >= 4 is 18.0 Å². The second-order valence-corrected chi connectivity index (χ2v) is 2.64. The predicted molar refractivity (Wildman–Crippen MR) is 40.1 cm³/mol. The normalized spacial score (nSPS) is 17.1. The van der Waals surface area contributed by atoms with Gasteiger partial charge in [-0.1, -0.05) is 11.6 Å². The van der Waals surface area contributed by atoms with E-state index in [4.69, 9.17) is 0 Å². The Hall–Kier alpha value is -0.500. The van der Waals surface area contributed by atoms with Crippen molar-refractivity contribution in [1.29, 1.82) is 0 Å². The summed E-state index contributed by atoms with van der Waals surface area (Å²) < 4.78 is 0. The maximum Gasteiger partial charge on any atom is 0.124 e. The van der Waals surface area contributed by atoms with Gasteiger partial charge in [0.05, 0.1) is 0 Å². The van der Waals surface area contributed by atoms with Gasteiger partial charge in [-0.05, 0) is 17.2 Å². The average Bonchev–Trinajstić information content (AvgIpc) is 1.91. The summed E-state index contributed by atoms with van der Waals surface area (Å²) >= 11 is 1.64.